The molecule has 1 atom stereocenters. The predicted octanol–water partition coefficient (Wildman–Crippen LogP) is 4.62. The Hall–Kier alpha value is -1.82. The molecule has 2 aromatic carbocycles. The Kier molecular flexibility index (Phi) is 4.08. The molecule has 0 saturated carbocycles. The number of rotatable bonds is 4. The van der Waals surface area contributed by atoms with E-state index in [2.05, 4.69) is 62.4 Å². The van der Waals surface area contributed by atoms with Crippen LogP contribution in [0.25, 0.3) is 12.2 Å². The van der Waals surface area contributed by atoms with Crippen molar-refractivity contribution in [1.82, 2.24) is 0 Å². The number of fused-ring (bicyclic) bond motifs is 4. The molecule has 24 heavy (non-hydrogen) atoms. The zero-order chi connectivity index (χ0) is 16.6. The number of hydrogen-bond acceptors (Lipinski definition) is 0. The van der Waals surface area contributed by atoms with Crippen LogP contribution in [0.3, 0.4) is 0 Å². The normalized spacial score (nSPS) is 21.1. The average Bonchev–Trinajstić information content (AvgIpc) is 2.65. The molecular formula is C24H28. The lowest BCUT2D eigenvalue weighted by molar-refractivity contribution is 0.244. The first-order valence-electron chi connectivity index (χ1n) is 9.67. The van der Waals surface area contributed by atoms with Crippen LogP contribution in [0, 0.1) is 15.9 Å². The van der Waals surface area contributed by atoms with Gasteiger partial charge in [-0.25, -0.2) is 0 Å². The van der Waals surface area contributed by atoms with Gasteiger partial charge in [0.2, 0.25) is 0 Å². The van der Waals surface area contributed by atoms with Crippen LogP contribution in [0.15, 0.2) is 36.4 Å². The zero-order valence-electron chi connectivity index (χ0n) is 15.1. The van der Waals surface area contributed by atoms with E-state index >= 15 is 0 Å². The molecule has 2 aromatic rings. The van der Waals surface area contributed by atoms with Gasteiger partial charge in [0.05, 0.1) is 0 Å². The van der Waals surface area contributed by atoms with Gasteiger partial charge in [-0.05, 0) is 69.5 Å². The fourth-order valence-electron chi connectivity index (χ4n) is 4.69. The van der Waals surface area contributed by atoms with Crippen LogP contribution in [-0.4, -0.2) is 0 Å². The summed E-state index contributed by atoms with van der Waals surface area (Å²) in [6, 6.07) is 13.6. The van der Waals surface area contributed by atoms with E-state index < -0.39 is 0 Å². The van der Waals surface area contributed by atoms with E-state index in [1.165, 1.54) is 59.4 Å². The molecule has 2 aliphatic rings. The number of unbranched alkanes of at least 4 members (excludes halogenated alkanes) is 1. The Bertz CT molecular complexity index is 964. The quantitative estimate of drug-likeness (QED) is 0.772. The molecular weight excluding hydrogens is 288 g/mol. The fraction of sp³-hybridized carbons (Fsp3) is 0.417. The molecule has 0 saturated heterocycles. The standard InChI is InChI=1S/C24H28/c1-3-5-15-24(4-2)16-14-19-11-12-21-20-9-7-6-8-18(20)10-13-22(21)23(19)17-24/h6-12,14H,3-5,13,15-17H2,1-2H3. The topological polar surface area (TPSA) is 0 Å². The van der Waals surface area contributed by atoms with E-state index in [4.69, 9.17) is 0 Å². The molecule has 0 amide bonds. The summed E-state index contributed by atoms with van der Waals surface area (Å²) in [6.07, 6.45) is 13.9. The average molecular weight is 316 g/mol. The molecule has 4 rings (SSSR count). The Morgan fingerprint density at radius 3 is 2.58 bits per heavy atom. The number of hydrogen-bond donors (Lipinski definition) is 0. The molecule has 2 aliphatic carbocycles. The van der Waals surface area contributed by atoms with Crippen molar-refractivity contribution in [3.63, 3.8) is 0 Å². The second kappa shape index (κ2) is 6.24. The molecule has 0 heterocycles. The maximum absolute atomic E-state index is 2.53. The molecule has 1 unspecified atom stereocenters. The second-order valence-corrected chi connectivity index (χ2v) is 7.70. The van der Waals surface area contributed by atoms with E-state index in [0.717, 1.165) is 6.42 Å². The van der Waals surface area contributed by atoms with Gasteiger partial charge in [0.25, 0.3) is 0 Å². The highest BCUT2D eigenvalue weighted by Gasteiger charge is 2.30. The van der Waals surface area contributed by atoms with Gasteiger partial charge in [0.1, 0.15) is 0 Å². The maximum atomic E-state index is 2.53. The maximum Gasteiger partial charge on any atom is -0.00791 e. The summed E-state index contributed by atoms with van der Waals surface area (Å²) >= 11 is 0. The summed E-state index contributed by atoms with van der Waals surface area (Å²) in [5.74, 6) is 0. The first-order valence-corrected chi connectivity index (χ1v) is 9.67. The number of benzene rings is 2. The molecule has 0 spiro atoms. The summed E-state index contributed by atoms with van der Waals surface area (Å²) in [5, 5.41) is 5.80. The first-order chi connectivity index (χ1) is 11.8. The van der Waals surface area contributed by atoms with Crippen LogP contribution in [0.5, 0.6) is 0 Å². The van der Waals surface area contributed by atoms with Gasteiger partial charge in [-0.3, -0.25) is 0 Å². The summed E-state index contributed by atoms with van der Waals surface area (Å²) in [7, 11) is 0. The van der Waals surface area contributed by atoms with Crippen molar-refractivity contribution in [2.24, 2.45) is 5.41 Å². The van der Waals surface area contributed by atoms with Crippen molar-refractivity contribution >= 4 is 12.2 Å². The van der Waals surface area contributed by atoms with Gasteiger partial charge in [-0.15, -0.1) is 0 Å². The van der Waals surface area contributed by atoms with E-state index in [0.29, 0.717) is 5.41 Å². The SMILES string of the molecule is CCCCC1(CC)CC=c2ccc3c(c2C1)CC=c1ccccc1=3. The molecule has 0 aliphatic heterocycles. The summed E-state index contributed by atoms with van der Waals surface area (Å²) in [6.45, 7) is 4.71. The Labute approximate surface area is 145 Å². The van der Waals surface area contributed by atoms with Gasteiger partial charge in [-0.2, -0.15) is 0 Å². The minimum atomic E-state index is 0.495. The highest BCUT2D eigenvalue weighted by Crippen LogP contribution is 2.39. The lowest BCUT2D eigenvalue weighted by atomic mass is 9.69. The van der Waals surface area contributed by atoms with Crippen LogP contribution in [0.2, 0.25) is 0 Å². The summed E-state index contributed by atoms with van der Waals surface area (Å²) < 4.78 is 0. The highest BCUT2D eigenvalue weighted by molar-refractivity contribution is 5.48. The Balaban J connectivity index is 1.91. The summed E-state index contributed by atoms with van der Waals surface area (Å²) in [5.41, 5.74) is 3.73. The van der Waals surface area contributed by atoms with Crippen LogP contribution in [0.4, 0.5) is 0 Å². The third-order valence-electron chi connectivity index (χ3n) is 6.36. The summed E-state index contributed by atoms with van der Waals surface area (Å²) in [4.78, 5) is 0. The lowest BCUT2D eigenvalue weighted by Gasteiger charge is -2.36. The van der Waals surface area contributed by atoms with Gasteiger partial charge in [0.15, 0.2) is 0 Å². The van der Waals surface area contributed by atoms with Crippen LogP contribution in [-0.2, 0) is 12.8 Å². The largest absolute Gasteiger partial charge is 0.0764 e. The van der Waals surface area contributed by atoms with Crippen molar-refractivity contribution in [1.29, 1.82) is 0 Å². The van der Waals surface area contributed by atoms with Crippen molar-refractivity contribution in [3.05, 3.63) is 68.4 Å². The Morgan fingerprint density at radius 2 is 1.75 bits per heavy atom. The predicted molar refractivity (Wildman–Crippen MR) is 103 cm³/mol. The fourth-order valence-corrected chi connectivity index (χ4v) is 4.69. The van der Waals surface area contributed by atoms with Crippen molar-refractivity contribution < 1.29 is 0 Å². The third-order valence-corrected chi connectivity index (χ3v) is 6.36. The minimum absolute atomic E-state index is 0.495. The first kappa shape index (κ1) is 15.7. The smallest absolute Gasteiger partial charge is 0.00791 e. The van der Waals surface area contributed by atoms with Crippen LogP contribution >= 0.6 is 0 Å². The monoisotopic (exact) mass is 316 g/mol. The molecule has 0 aromatic heterocycles. The highest BCUT2D eigenvalue weighted by atomic mass is 14.3. The van der Waals surface area contributed by atoms with Gasteiger partial charge in [-0.1, -0.05) is 75.2 Å². The Morgan fingerprint density at radius 1 is 0.875 bits per heavy atom. The molecule has 0 fully saturated rings. The van der Waals surface area contributed by atoms with Gasteiger partial charge < -0.3 is 0 Å². The van der Waals surface area contributed by atoms with E-state index in [-0.39, 0.29) is 0 Å². The van der Waals surface area contributed by atoms with Gasteiger partial charge in [0, 0.05) is 0 Å². The molecule has 0 radical (unpaired) electrons. The van der Waals surface area contributed by atoms with Crippen molar-refractivity contribution in [3.8, 4) is 0 Å². The molecule has 0 nitrogen and oxygen atoms in total. The third kappa shape index (κ3) is 2.53. The second-order valence-electron chi connectivity index (χ2n) is 7.70. The van der Waals surface area contributed by atoms with Gasteiger partial charge >= 0.3 is 0 Å². The zero-order valence-corrected chi connectivity index (χ0v) is 15.1. The van der Waals surface area contributed by atoms with E-state index in [9.17, 15) is 0 Å². The van der Waals surface area contributed by atoms with Crippen molar-refractivity contribution in [2.45, 2.75) is 58.8 Å². The minimum Gasteiger partial charge on any atom is -0.0764 e. The molecule has 0 bridgehead atoms. The van der Waals surface area contributed by atoms with Crippen molar-refractivity contribution in [2.75, 3.05) is 0 Å². The molecule has 0 N–H and O–H groups in total. The van der Waals surface area contributed by atoms with E-state index in [1.807, 2.05) is 0 Å². The lowest BCUT2D eigenvalue weighted by Crippen LogP contribution is -2.32. The molecule has 0 heteroatoms. The van der Waals surface area contributed by atoms with Crippen LogP contribution in [0.1, 0.15) is 57.1 Å². The van der Waals surface area contributed by atoms with Crippen LogP contribution < -0.4 is 10.4 Å². The van der Waals surface area contributed by atoms with E-state index in [1.54, 1.807) is 11.1 Å². The molecule has 124 valence electrons.